The van der Waals surface area contributed by atoms with E-state index in [1.54, 1.807) is 11.6 Å². The summed E-state index contributed by atoms with van der Waals surface area (Å²) in [5, 5.41) is 14.7. The monoisotopic (exact) mass is 317 g/mol. The number of aromatic nitrogens is 3. The van der Waals surface area contributed by atoms with Gasteiger partial charge in [0, 0.05) is 11.5 Å². The van der Waals surface area contributed by atoms with E-state index in [1.165, 1.54) is 0 Å². The number of nitrogens with one attached hydrogen (secondary N) is 1. The van der Waals surface area contributed by atoms with Gasteiger partial charge in [0.05, 0.1) is 16.6 Å². The zero-order valence-electron chi connectivity index (χ0n) is 14.1. The van der Waals surface area contributed by atoms with Crippen LogP contribution in [-0.4, -0.2) is 25.8 Å². The molecular weight excluding hydrogens is 294 g/mol. The first kappa shape index (κ1) is 15.8. The van der Waals surface area contributed by atoms with Crippen molar-refractivity contribution in [3.63, 3.8) is 0 Å². The Bertz CT molecular complexity index is 835. The van der Waals surface area contributed by atoms with Crippen molar-refractivity contribution in [2.75, 3.05) is 0 Å². The molecule has 2 N–H and O–H groups in total. The van der Waals surface area contributed by atoms with Gasteiger partial charge in [-0.15, -0.1) is 0 Å². The molecule has 0 unspecified atom stereocenters. The summed E-state index contributed by atoms with van der Waals surface area (Å²) in [6.45, 7) is 7.80. The Kier molecular flexibility index (Phi) is 3.58. The van der Waals surface area contributed by atoms with Crippen molar-refractivity contribution in [3.05, 3.63) is 27.2 Å². The van der Waals surface area contributed by atoms with E-state index in [0.717, 1.165) is 25.0 Å². The van der Waals surface area contributed by atoms with Crippen molar-refractivity contribution in [3.8, 4) is 0 Å². The molecular formula is C17H23N3O3. The quantitative estimate of drug-likeness (QED) is 0.911. The number of aromatic carboxylic acids is 1. The van der Waals surface area contributed by atoms with Crippen molar-refractivity contribution in [2.24, 2.45) is 0 Å². The highest BCUT2D eigenvalue weighted by molar-refractivity contribution is 5.91. The van der Waals surface area contributed by atoms with E-state index < -0.39 is 5.97 Å². The fourth-order valence-corrected chi connectivity index (χ4v) is 3.21. The maximum Gasteiger partial charge on any atom is 0.352 e. The minimum absolute atomic E-state index is 0.0180. The number of aromatic amines is 1. The molecule has 0 spiro atoms. The minimum atomic E-state index is -1.10. The SMILES string of the molecule is CCc1c(C(=O)O)[nH]c2c(c(C3CCC3)nn2C(C)(C)C)c1=O. The number of fused-ring (bicyclic) bond motifs is 1. The van der Waals surface area contributed by atoms with Gasteiger partial charge >= 0.3 is 5.97 Å². The minimum Gasteiger partial charge on any atom is -0.477 e. The van der Waals surface area contributed by atoms with Gasteiger partial charge in [-0.3, -0.25) is 4.79 Å². The third-order valence-corrected chi connectivity index (χ3v) is 4.65. The zero-order valence-corrected chi connectivity index (χ0v) is 14.1. The first-order valence-electron chi connectivity index (χ1n) is 8.17. The normalized spacial score (nSPS) is 15.8. The summed E-state index contributed by atoms with van der Waals surface area (Å²) in [7, 11) is 0. The molecule has 2 aromatic rings. The molecule has 0 aromatic carbocycles. The van der Waals surface area contributed by atoms with E-state index >= 15 is 0 Å². The summed E-state index contributed by atoms with van der Waals surface area (Å²) >= 11 is 0. The molecule has 0 amide bonds. The number of hydrogen-bond donors (Lipinski definition) is 2. The van der Waals surface area contributed by atoms with Gasteiger partial charge < -0.3 is 10.1 Å². The number of carbonyl (C=O) groups is 1. The molecule has 2 aromatic heterocycles. The van der Waals surface area contributed by atoms with E-state index in [-0.39, 0.29) is 16.7 Å². The van der Waals surface area contributed by atoms with Crippen LogP contribution in [0.4, 0.5) is 0 Å². The molecule has 124 valence electrons. The van der Waals surface area contributed by atoms with Crippen LogP contribution < -0.4 is 5.43 Å². The third-order valence-electron chi connectivity index (χ3n) is 4.65. The number of pyridine rings is 1. The molecule has 3 rings (SSSR count). The maximum atomic E-state index is 13.0. The van der Waals surface area contributed by atoms with Gasteiger partial charge in [0.25, 0.3) is 0 Å². The fraction of sp³-hybridized carbons (Fsp3) is 0.588. The first-order valence-corrected chi connectivity index (χ1v) is 8.17. The highest BCUT2D eigenvalue weighted by Crippen LogP contribution is 2.39. The van der Waals surface area contributed by atoms with Crippen LogP contribution in [0.2, 0.25) is 0 Å². The van der Waals surface area contributed by atoms with Gasteiger partial charge in [0.1, 0.15) is 11.3 Å². The van der Waals surface area contributed by atoms with E-state index in [0.29, 0.717) is 28.9 Å². The second-order valence-electron chi connectivity index (χ2n) is 7.29. The zero-order chi connectivity index (χ0) is 16.9. The Morgan fingerprint density at radius 3 is 2.48 bits per heavy atom. The molecule has 2 heterocycles. The standard InChI is InChI=1S/C17H23N3O3/c1-5-10-13(16(22)23)18-15-11(14(10)21)12(9-7-6-8-9)19-20(15)17(2,3)4/h9H,5-8H2,1-4H3,(H,18,21)(H,22,23). The predicted molar refractivity (Wildman–Crippen MR) is 88.3 cm³/mol. The third kappa shape index (κ3) is 2.36. The van der Waals surface area contributed by atoms with E-state index in [2.05, 4.69) is 4.98 Å². The number of nitrogens with zero attached hydrogens (tertiary/aromatic N) is 2. The number of carboxylic acids is 1. The van der Waals surface area contributed by atoms with Gasteiger partial charge in [0.15, 0.2) is 5.43 Å². The van der Waals surface area contributed by atoms with Crippen molar-refractivity contribution >= 4 is 17.0 Å². The molecule has 0 aliphatic heterocycles. The molecule has 1 saturated carbocycles. The van der Waals surface area contributed by atoms with E-state index in [4.69, 9.17) is 5.10 Å². The molecule has 0 radical (unpaired) electrons. The van der Waals surface area contributed by atoms with E-state index in [1.807, 2.05) is 20.8 Å². The molecule has 6 nitrogen and oxygen atoms in total. The van der Waals surface area contributed by atoms with Gasteiger partial charge in [-0.2, -0.15) is 5.10 Å². The molecule has 0 bridgehead atoms. The molecule has 1 aliphatic carbocycles. The van der Waals surface area contributed by atoms with Crippen molar-refractivity contribution in [1.82, 2.24) is 14.8 Å². The summed E-state index contributed by atoms with van der Waals surface area (Å²) < 4.78 is 1.77. The Balaban J connectivity index is 2.43. The highest BCUT2D eigenvalue weighted by atomic mass is 16.4. The Morgan fingerprint density at radius 2 is 2.04 bits per heavy atom. The van der Waals surface area contributed by atoms with Crippen LogP contribution in [0.15, 0.2) is 4.79 Å². The van der Waals surface area contributed by atoms with Crippen LogP contribution >= 0.6 is 0 Å². The Morgan fingerprint density at radius 1 is 1.39 bits per heavy atom. The van der Waals surface area contributed by atoms with Crippen molar-refractivity contribution in [1.29, 1.82) is 0 Å². The molecule has 23 heavy (non-hydrogen) atoms. The maximum absolute atomic E-state index is 13.0. The molecule has 0 saturated heterocycles. The summed E-state index contributed by atoms with van der Waals surface area (Å²) in [6, 6.07) is 0. The fourth-order valence-electron chi connectivity index (χ4n) is 3.21. The summed E-state index contributed by atoms with van der Waals surface area (Å²) in [6.07, 6.45) is 3.62. The lowest BCUT2D eigenvalue weighted by Gasteiger charge is -2.24. The van der Waals surface area contributed by atoms with Gasteiger partial charge in [-0.25, -0.2) is 9.48 Å². The van der Waals surface area contributed by atoms with Gasteiger partial charge in [0.2, 0.25) is 0 Å². The first-order chi connectivity index (χ1) is 10.8. The van der Waals surface area contributed by atoms with Crippen LogP contribution in [0.3, 0.4) is 0 Å². The lowest BCUT2D eigenvalue weighted by Crippen LogP contribution is -2.25. The molecule has 1 fully saturated rings. The molecule has 0 atom stereocenters. The second-order valence-corrected chi connectivity index (χ2v) is 7.29. The van der Waals surface area contributed by atoms with Crippen LogP contribution in [0.1, 0.15) is 74.6 Å². The van der Waals surface area contributed by atoms with Crippen molar-refractivity contribution < 1.29 is 9.90 Å². The average molecular weight is 317 g/mol. The van der Waals surface area contributed by atoms with Crippen LogP contribution in [0.25, 0.3) is 11.0 Å². The van der Waals surface area contributed by atoms with Crippen LogP contribution in [-0.2, 0) is 12.0 Å². The average Bonchev–Trinajstić information content (AvgIpc) is 2.76. The highest BCUT2D eigenvalue weighted by Gasteiger charge is 2.31. The second kappa shape index (κ2) is 5.22. The smallest absolute Gasteiger partial charge is 0.352 e. The topological polar surface area (TPSA) is 88.0 Å². The Labute approximate surface area is 134 Å². The van der Waals surface area contributed by atoms with Gasteiger partial charge in [-0.05, 0) is 40.0 Å². The van der Waals surface area contributed by atoms with Crippen LogP contribution in [0, 0.1) is 0 Å². The van der Waals surface area contributed by atoms with E-state index in [9.17, 15) is 14.7 Å². The molecule has 1 aliphatic rings. The lowest BCUT2D eigenvalue weighted by molar-refractivity contribution is 0.0689. The molecule has 6 heteroatoms. The van der Waals surface area contributed by atoms with Crippen molar-refractivity contribution in [2.45, 2.75) is 64.8 Å². The summed E-state index contributed by atoms with van der Waals surface area (Å²) in [5.74, 6) is -0.796. The summed E-state index contributed by atoms with van der Waals surface area (Å²) in [4.78, 5) is 27.5. The van der Waals surface area contributed by atoms with Gasteiger partial charge in [-0.1, -0.05) is 13.3 Å². The number of rotatable bonds is 3. The number of hydrogen-bond acceptors (Lipinski definition) is 3. The number of carboxylic acid groups (broad SMARTS) is 1. The number of H-pyrrole nitrogens is 1. The van der Waals surface area contributed by atoms with Crippen LogP contribution in [0.5, 0.6) is 0 Å². The largest absolute Gasteiger partial charge is 0.477 e. The lowest BCUT2D eigenvalue weighted by atomic mass is 9.82. The predicted octanol–water partition coefficient (Wildman–Crippen LogP) is 3.01. The summed E-state index contributed by atoms with van der Waals surface area (Å²) in [5.41, 5.74) is 1.14. The Hall–Kier alpha value is -2.11.